The lowest BCUT2D eigenvalue weighted by atomic mass is 10.1. The van der Waals surface area contributed by atoms with Gasteiger partial charge < -0.3 is 24.6 Å². The molecule has 25 heavy (non-hydrogen) atoms. The van der Waals surface area contributed by atoms with E-state index >= 15 is 0 Å². The first-order valence-electron chi connectivity index (χ1n) is 8.79. The summed E-state index contributed by atoms with van der Waals surface area (Å²) in [5, 5.41) is 2.91. The highest BCUT2D eigenvalue weighted by atomic mass is 16.5. The number of benzene rings is 1. The van der Waals surface area contributed by atoms with Gasteiger partial charge in [-0.1, -0.05) is 6.92 Å². The summed E-state index contributed by atoms with van der Waals surface area (Å²) in [5.41, 5.74) is 1.31. The van der Waals surface area contributed by atoms with E-state index in [4.69, 9.17) is 9.47 Å². The quantitative estimate of drug-likeness (QED) is 0.908. The SMILES string of the molecule is CCCOC1CCCN(C(=O)Nc2ccc3c(c2)N(C)C(=O)CO3)C1. The predicted octanol–water partition coefficient (Wildman–Crippen LogP) is 2.46. The Morgan fingerprint density at radius 3 is 3.08 bits per heavy atom. The summed E-state index contributed by atoms with van der Waals surface area (Å²) >= 11 is 0. The monoisotopic (exact) mass is 347 g/mol. The van der Waals surface area contributed by atoms with Crippen LogP contribution in [0.3, 0.4) is 0 Å². The summed E-state index contributed by atoms with van der Waals surface area (Å²) in [6.45, 7) is 4.19. The Morgan fingerprint density at radius 2 is 2.28 bits per heavy atom. The van der Waals surface area contributed by atoms with Crippen LogP contribution in [0.4, 0.5) is 16.2 Å². The average molecular weight is 347 g/mol. The molecular weight excluding hydrogens is 322 g/mol. The van der Waals surface area contributed by atoms with Gasteiger partial charge in [0.2, 0.25) is 0 Å². The van der Waals surface area contributed by atoms with Crippen LogP contribution in [0, 0.1) is 0 Å². The normalized spacial score (nSPS) is 20.1. The number of piperidine rings is 1. The van der Waals surface area contributed by atoms with E-state index in [1.165, 1.54) is 0 Å². The van der Waals surface area contributed by atoms with E-state index in [9.17, 15) is 9.59 Å². The van der Waals surface area contributed by atoms with Crippen LogP contribution in [0.25, 0.3) is 0 Å². The van der Waals surface area contributed by atoms with Crippen molar-refractivity contribution in [3.8, 4) is 5.75 Å². The van der Waals surface area contributed by atoms with E-state index in [0.717, 1.165) is 32.4 Å². The molecule has 1 fully saturated rings. The number of nitrogens with zero attached hydrogens (tertiary/aromatic N) is 2. The number of urea groups is 1. The minimum Gasteiger partial charge on any atom is -0.482 e. The molecule has 136 valence electrons. The molecule has 0 aromatic heterocycles. The first kappa shape index (κ1) is 17.5. The fourth-order valence-corrected chi connectivity index (χ4v) is 3.10. The molecule has 7 nitrogen and oxygen atoms in total. The molecule has 1 aromatic rings. The van der Waals surface area contributed by atoms with Gasteiger partial charge in [0.05, 0.1) is 11.8 Å². The van der Waals surface area contributed by atoms with E-state index in [0.29, 0.717) is 23.7 Å². The van der Waals surface area contributed by atoms with Crippen molar-refractivity contribution in [2.45, 2.75) is 32.3 Å². The smallest absolute Gasteiger partial charge is 0.321 e. The number of hydrogen-bond acceptors (Lipinski definition) is 4. The zero-order valence-electron chi connectivity index (χ0n) is 14.8. The number of likely N-dealkylation sites (N-methyl/N-ethyl adjacent to an activating group) is 1. The minimum absolute atomic E-state index is 0.0438. The maximum absolute atomic E-state index is 12.5. The van der Waals surface area contributed by atoms with Crippen molar-refractivity contribution in [3.05, 3.63) is 18.2 Å². The van der Waals surface area contributed by atoms with Crippen LogP contribution in [-0.2, 0) is 9.53 Å². The number of fused-ring (bicyclic) bond motifs is 1. The highest BCUT2D eigenvalue weighted by Crippen LogP contribution is 2.33. The number of carbonyl (C=O) groups is 2. The van der Waals surface area contributed by atoms with Gasteiger partial charge in [0.15, 0.2) is 6.61 Å². The highest BCUT2D eigenvalue weighted by molar-refractivity contribution is 5.99. The zero-order valence-corrected chi connectivity index (χ0v) is 14.8. The van der Waals surface area contributed by atoms with Crippen molar-refractivity contribution in [2.24, 2.45) is 0 Å². The van der Waals surface area contributed by atoms with E-state index in [2.05, 4.69) is 12.2 Å². The molecule has 1 atom stereocenters. The van der Waals surface area contributed by atoms with Gasteiger partial charge in [0.1, 0.15) is 5.75 Å². The fourth-order valence-electron chi connectivity index (χ4n) is 3.10. The Balaban J connectivity index is 1.64. The maximum atomic E-state index is 12.5. The molecular formula is C18H25N3O4. The van der Waals surface area contributed by atoms with Gasteiger partial charge in [0, 0.05) is 32.4 Å². The number of likely N-dealkylation sites (tertiary alicyclic amines) is 1. The molecule has 0 radical (unpaired) electrons. The molecule has 2 heterocycles. The van der Waals surface area contributed by atoms with Gasteiger partial charge >= 0.3 is 6.03 Å². The number of carbonyl (C=O) groups excluding carboxylic acids is 2. The van der Waals surface area contributed by atoms with Crippen LogP contribution in [-0.4, -0.2) is 56.3 Å². The Bertz CT molecular complexity index is 649. The first-order valence-corrected chi connectivity index (χ1v) is 8.79. The van der Waals surface area contributed by atoms with Crippen molar-refractivity contribution >= 4 is 23.3 Å². The van der Waals surface area contributed by atoms with Crippen LogP contribution < -0.4 is 15.0 Å². The number of amides is 3. The third-order valence-corrected chi connectivity index (χ3v) is 4.52. The molecule has 0 spiro atoms. The summed E-state index contributed by atoms with van der Waals surface area (Å²) in [6, 6.07) is 5.18. The number of hydrogen-bond donors (Lipinski definition) is 1. The topological polar surface area (TPSA) is 71.1 Å². The summed E-state index contributed by atoms with van der Waals surface area (Å²) in [6.07, 6.45) is 3.02. The van der Waals surface area contributed by atoms with Crippen molar-refractivity contribution in [1.29, 1.82) is 0 Å². The largest absolute Gasteiger partial charge is 0.482 e. The van der Waals surface area contributed by atoms with Crippen LogP contribution >= 0.6 is 0 Å². The lowest BCUT2D eigenvalue weighted by Gasteiger charge is -2.33. The Labute approximate surface area is 147 Å². The van der Waals surface area contributed by atoms with Crippen molar-refractivity contribution < 1.29 is 19.1 Å². The van der Waals surface area contributed by atoms with Gasteiger partial charge in [-0.05, 0) is 37.5 Å². The van der Waals surface area contributed by atoms with Gasteiger partial charge in [0.25, 0.3) is 5.91 Å². The van der Waals surface area contributed by atoms with E-state index < -0.39 is 0 Å². The van der Waals surface area contributed by atoms with Gasteiger partial charge in [-0.25, -0.2) is 4.79 Å². The van der Waals surface area contributed by atoms with Crippen molar-refractivity contribution in [2.75, 3.05) is 43.6 Å². The van der Waals surface area contributed by atoms with Crippen molar-refractivity contribution in [1.82, 2.24) is 4.90 Å². The number of ether oxygens (including phenoxy) is 2. The van der Waals surface area contributed by atoms with Crippen LogP contribution in [0.15, 0.2) is 18.2 Å². The Morgan fingerprint density at radius 1 is 1.44 bits per heavy atom. The zero-order chi connectivity index (χ0) is 17.8. The van der Waals surface area contributed by atoms with Gasteiger partial charge in [-0.2, -0.15) is 0 Å². The number of rotatable bonds is 4. The molecule has 0 aliphatic carbocycles. The second kappa shape index (κ2) is 7.74. The van der Waals surface area contributed by atoms with E-state index in [-0.39, 0.29) is 24.6 Å². The summed E-state index contributed by atoms with van der Waals surface area (Å²) in [7, 11) is 1.70. The van der Waals surface area contributed by atoms with Crippen LogP contribution in [0.2, 0.25) is 0 Å². The molecule has 0 saturated carbocycles. The molecule has 1 unspecified atom stereocenters. The Hall–Kier alpha value is -2.28. The Kier molecular flexibility index (Phi) is 5.43. The summed E-state index contributed by atoms with van der Waals surface area (Å²) < 4.78 is 11.2. The number of anilines is 2. The summed E-state index contributed by atoms with van der Waals surface area (Å²) in [5.74, 6) is 0.536. The fraction of sp³-hybridized carbons (Fsp3) is 0.556. The van der Waals surface area contributed by atoms with E-state index in [1.807, 2.05) is 0 Å². The first-order chi connectivity index (χ1) is 12.1. The predicted molar refractivity (Wildman–Crippen MR) is 95.2 cm³/mol. The highest BCUT2D eigenvalue weighted by Gasteiger charge is 2.25. The molecule has 2 aliphatic rings. The average Bonchev–Trinajstić information content (AvgIpc) is 2.63. The van der Waals surface area contributed by atoms with Crippen LogP contribution in [0.5, 0.6) is 5.75 Å². The minimum atomic E-state index is -0.143. The van der Waals surface area contributed by atoms with Crippen LogP contribution in [0.1, 0.15) is 26.2 Å². The molecule has 1 saturated heterocycles. The molecule has 3 amide bonds. The molecule has 2 aliphatic heterocycles. The maximum Gasteiger partial charge on any atom is 0.321 e. The number of nitrogens with one attached hydrogen (secondary N) is 1. The second-order valence-electron chi connectivity index (χ2n) is 6.44. The second-order valence-corrected chi connectivity index (χ2v) is 6.44. The third kappa shape index (κ3) is 4.04. The van der Waals surface area contributed by atoms with Crippen molar-refractivity contribution in [3.63, 3.8) is 0 Å². The molecule has 0 bridgehead atoms. The van der Waals surface area contributed by atoms with Gasteiger partial charge in [-0.3, -0.25) is 4.79 Å². The lowest BCUT2D eigenvalue weighted by molar-refractivity contribution is -0.120. The molecule has 7 heteroatoms. The summed E-state index contributed by atoms with van der Waals surface area (Å²) in [4.78, 5) is 27.6. The lowest BCUT2D eigenvalue weighted by Crippen LogP contribution is -2.45. The third-order valence-electron chi connectivity index (χ3n) is 4.52. The molecule has 3 rings (SSSR count). The molecule has 1 N–H and O–H groups in total. The van der Waals surface area contributed by atoms with E-state index in [1.54, 1.807) is 35.0 Å². The molecule has 1 aromatic carbocycles. The van der Waals surface area contributed by atoms with Gasteiger partial charge in [-0.15, -0.1) is 0 Å². The standard InChI is InChI=1S/C18H25N3O4/c1-3-9-24-14-5-4-8-21(11-14)18(23)19-13-6-7-16-15(10-13)20(2)17(22)12-25-16/h6-7,10,14H,3-5,8-9,11-12H2,1-2H3,(H,19,23).